The van der Waals surface area contributed by atoms with Gasteiger partial charge >= 0.3 is 0 Å². The van der Waals surface area contributed by atoms with Crippen LogP contribution in [-0.2, 0) is 9.59 Å². The molecule has 0 unspecified atom stereocenters. The monoisotopic (exact) mass is 367 g/mol. The van der Waals surface area contributed by atoms with Crippen LogP contribution >= 0.6 is 15.9 Å². The number of hydrogen-bond acceptors (Lipinski definition) is 3. The van der Waals surface area contributed by atoms with Crippen LogP contribution in [0.15, 0.2) is 28.7 Å². The maximum atomic E-state index is 12.3. The van der Waals surface area contributed by atoms with Crippen molar-refractivity contribution in [3.05, 3.63) is 28.7 Å². The minimum absolute atomic E-state index is 0.0573. The zero-order valence-electron chi connectivity index (χ0n) is 13.1. The largest absolute Gasteiger partial charge is 0.340 e. The summed E-state index contributed by atoms with van der Waals surface area (Å²) in [6, 6.07) is 7.57. The molecule has 0 N–H and O–H groups in total. The highest BCUT2D eigenvalue weighted by Crippen LogP contribution is 2.26. The predicted octanol–water partition coefficient (Wildman–Crippen LogP) is 1.97. The lowest BCUT2D eigenvalue weighted by Gasteiger charge is -2.33. The standard InChI is InChI=1S/C16H22BrN3O2/c1-13(21)20(15-6-4-3-5-14(15)17)8-7-16(22)19-11-9-18(2)10-12-19/h3-6H,7-12H2,1-2H3. The first-order valence-corrected chi connectivity index (χ1v) is 8.27. The first-order valence-electron chi connectivity index (χ1n) is 7.48. The van der Waals surface area contributed by atoms with Gasteiger partial charge in [0.15, 0.2) is 0 Å². The number of halogens is 1. The zero-order valence-corrected chi connectivity index (χ0v) is 14.7. The number of anilines is 1. The third kappa shape index (κ3) is 4.30. The molecular formula is C16H22BrN3O2. The first kappa shape index (κ1) is 17.0. The molecule has 2 amide bonds. The highest BCUT2D eigenvalue weighted by molar-refractivity contribution is 9.10. The van der Waals surface area contributed by atoms with Crippen LogP contribution in [0.5, 0.6) is 0 Å². The van der Waals surface area contributed by atoms with Crippen LogP contribution in [0.1, 0.15) is 13.3 Å². The smallest absolute Gasteiger partial charge is 0.224 e. The Balaban J connectivity index is 1.96. The van der Waals surface area contributed by atoms with Gasteiger partial charge in [0.1, 0.15) is 0 Å². The molecule has 120 valence electrons. The van der Waals surface area contributed by atoms with Crippen molar-refractivity contribution in [2.75, 3.05) is 44.7 Å². The van der Waals surface area contributed by atoms with Crippen molar-refractivity contribution in [1.82, 2.24) is 9.80 Å². The molecule has 0 atom stereocenters. The molecule has 1 heterocycles. The van der Waals surface area contributed by atoms with Gasteiger partial charge in [-0.05, 0) is 35.1 Å². The van der Waals surface area contributed by atoms with Crippen LogP contribution in [0.25, 0.3) is 0 Å². The molecule has 0 bridgehead atoms. The number of para-hydroxylation sites is 1. The number of amides is 2. The molecule has 0 spiro atoms. The van der Waals surface area contributed by atoms with Gasteiger partial charge in [-0.2, -0.15) is 0 Å². The normalized spacial score (nSPS) is 15.7. The summed E-state index contributed by atoms with van der Waals surface area (Å²) in [4.78, 5) is 30.0. The van der Waals surface area contributed by atoms with E-state index in [0.29, 0.717) is 13.0 Å². The maximum absolute atomic E-state index is 12.3. The van der Waals surface area contributed by atoms with E-state index in [9.17, 15) is 9.59 Å². The average molecular weight is 368 g/mol. The summed E-state index contributed by atoms with van der Waals surface area (Å²) in [5.41, 5.74) is 0.807. The quantitative estimate of drug-likeness (QED) is 0.816. The Morgan fingerprint density at radius 1 is 1.18 bits per heavy atom. The van der Waals surface area contributed by atoms with E-state index in [1.165, 1.54) is 6.92 Å². The third-order valence-corrected chi connectivity index (χ3v) is 4.60. The molecule has 1 aliphatic rings. The first-order chi connectivity index (χ1) is 10.5. The maximum Gasteiger partial charge on any atom is 0.224 e. The van der Waals surface area contributed by atoms with Gasteiger partial charge < -0.3 is 14.7 Å². The summed E-state index contributed by atoms with van der Waals surface area (Å²) in [6.07, 6.45) is 0.352. The summed E-state index contributed by atoms with van der Waals surface area (Å²) in [5, 5.41) is 0. The molecule has 6 heteroatoms. The van der Waals surface area contributed by atoms with Gasteiger partial charge in [0.2, 0.25) is 11.8 Å². The molecular weight excluding hydrogens is 346 g/mol. The van der Waals surface area contributed by atoms with Crippen LogP contribution in [0.2, 0.25) is 0 Å². The third-order valence-electron chi connectivity index (χ3n) is 3.93. The summed E-state index contributed by atoms with van der Waals surface area (Å²) in [5.74, 6) is 0.0597. The lowest BCUT2D eigenvalue weighted by atomic mass is 10.2. The topological polar surface area (TPSA) is 43.9 Å². The zero-order chi connectivity index (χ0) is 16.1. The number of nitrogens with zero attached hydrogens (tertiary/aromatic N) is 3. The average Bonchev–Trinajstić information content (AvgIpc) is 2.49. The molecule has 0 aliphatic carbocycles. The molecule has 22 heavy (non-hydrogen) atoms. The molecule has 1 saturated heterocycles. The van der Waals surface area contributed by atoms with Gasteiger partial charge in [-0.25, -0.2) is 0 Å². The molecule has 0 radical (unpaired) electrons. The Labute approximate surface area is 140 Å². The van der Waals surface area contributed by atoms with Gasteiger partial charge in [-0.1, -0.05) is 12.1 Å². The molecule has 1 aliphatic heterocycles. The fourth-order valence-corrected chi connectivity index (χ4v) is 3.04. The van der Waals surface area contributed by atoms with Crippen molar-refractivity contribution < 1.29 is 9.59 Å². The minimum Gasteiger partial charge on any atom is -0.340 e. The fraction of sp³-hybridized carbons (Fsp3) is 0.500. The van der Waals surface area contributed by atoms with Crippen molar-refractivity contribution in [1.29, 1.82) is 0 Å². The van der Waals surface area contributed by atoms with E-state index in [1.807, 2.05) is 29.2 Å². The SMILES string of the molecule is CC(=O)N(CCC(=O)N1CCN(C)CC1)c1ccccc1Br. The van der Waals surface area contributed by atoms with Crippen LogP contribution in [0, 0.1) is 0 Å². The molecule has 0 aromatic heterocycles. The number of benzene rings is 1. The summed E-state index contributed by atoms with van der Waals surface area (Å²) in [6.45, 7) is 5.29. The van der Waals surface area contributed by atoms with E-state index in [4.69, 9.17) is 0 Å². The van der Waals surface area contributed by atoms with E-state index in [2.05, 4.69) is 27.9 Å². The van der Waals surface area contributed by atoms with Crippen molar-refractivity contribution >= 4 is 33.4 Å². The lowest BCUT2D eigenvalue weighted by Crippen LogP contribution is -2.47. The Morgan fingerprint density at radius 2 is 1.82 bits per heavy atom. The van der Waals surface area contributed by atoms with Crippen LogP contribution in [0.3, 0.4) is 0 Å². The molecule has 5 nitrogen and oxygen atoms in total. The van der Waals surface area contributed by atoms with Crippen molar-refractivity contribution in [3.8, 4) is 0 Å². The Bertz CT molecular complexity index is 542. The summed E-state index contributed by atoms with van der Waals surface area (Å²) in [7, 11) is 2.06. The summed E-state index contributed by atoms with van der Waals surface area (Å²) < 4.78 is 0.859. The number of piperazine rings is 1. The second-order valence-electron chi connectivity index (χ2n) is 5.56. The summed E-state index contributed by atoms with van der Waals surface area (Å²) >= 11 is 3.46. The van der Waals surface area contributed by atoms with E-state index < -0.39 is 0 Å². The second kappa shape index (κ2) is 7.74. The van der Waals surface area contributed by atoms with E-state index in [1.54, 1.807) is 4.90 Å². The highest BCUT2D eigenvalue weighted by atomic mass is 79.9. The van der Waals surface area contributed by atoms with Crippen molar-refractivity contribution in [2.24, 2.45) is 0 Å². The van der Waals surface area contributed by atoms with Gasteiger partial charge in [-0.15, -0.1) is 0 Å². The number of likely N-dealkylation sites (N-methyl/N-ethyl adjacent to an activating group) is 1. The second-order valence-corrected chi connectivity index (χ2v) is 6.41. The molecule has 1 fully saturated rings. The van der Waals surface area contributed by atoms with Crippen molar-refractivity contribution in [2.45, 2.75) is 13.3 Å². The fourth-order valence-electron chi connectivity index (χ4n) is 2.54. The van der Waals surface area contributed by atoms with Gasteiger partial charge in [0, 0.05) is 50.5 Å². The number of carbonyl (C=O) groups excluding carboxylic acids is 2. The van der Waals surface area contributed by atoms with Crippen LogP contribution < -0.4 is 4.90 Å². The number of hydrogen-bond donors (Lipinski definition) is 0. The van der Waals surface area contributed by atoms with E-state index in [0.717, 1.165) is 36.3 Å². The van der Waals surface area contributed by atoms with Gasteiger partial charge in [0.25, 0.3) is 0 Å². The highest BCUT2D eigenvalue weighted by Gasteiger charge is 2.21. The van der Waals surface area contributed by atoms with Gasteiger partial charge in [-0.3, -0.25) is 9.59 Å². The molecule has 1 aromatic carbocycles. The Hall–Kier alpha value is -1.40. The van der Waals surface area contributed by atoms with E-state index >= 15 is 0 Å². The van der Waals surface area contributed by atoms with E-state index in [-0.39, 0.29) is 11.8 Å². The Kier molecular flexibility index (Phi) is 5.97. The predicted molar refractivity (Wildman–Crippen MR) is 90.9 cm³/mol. The molecule has 0 saturated carbocycles. The lowest BCUT2D eigenvalue weighted by molar-refractivity contribution is -0.132. The van der Waals surface area contributed by atoms with Gasteiger partial charge in [0.05, 0.1) is 5.69 Å². The molecule has 2 rings (SSSR count). The number of carbonyl (C=O) groups is 2. The van der Waals surface area contributed by atoms with Crippen molar-refractivity contribution in [3.63, 3.8) is 0 Å². The Morgan fingerprint density at radius 3 is 2.41 bits per heavy atom. The number of rotatable bonds is 4. The van der Waals surface area contributed by atoms with Crippen LogP contribution in [0.4, 0.5) is 5.69 Å². The van der Waals surface area contributed by atoms with Crippen LogP contribution in [-0.4, -0.2) is 61.4 Å². The minimum atomic E-state index is -0.0573. The molecule has 1 aromatic rings.